The molecule has 1 heterocycles. The smallest absolute Gasteiger partial charge is 0.203 e. The molecule has 1 atom stereocenters. The molecule has 0 radical (unpaired) electrons. The Morgan fingerprint density at radius 1 is 1.14 bits per heavy atom. The number of guanidine groups is 1. The number of aliphatic imine (C=N–C) groups is 1. The first-order valence-electron chi connectivity index (χ1n) is 9.47. The van der Waals surface area contributed by atoms with Gasteiger partial charge in [-0.2, -0.15) is 0 Å². The van der Waals surface area contributed by atoms with Gasteiger partial charge in [0.1, 0.15) is 5.76 Å². The van der Waals surface area contributed by atoms with Gasteiger partial charge in [-0.3, -0.25) is 0 Å². The van der Waals surface area contributed by atoms with Gasteiger partial charge in [-0.25, -0.2) is 4.99 Å². The third-order valence-corrected chi connectivity index (χ3v) is 4.38. The number of nitrogens with zero attached hydrogens (tertiary/aromatic N) is 1. The minimum atomic E-state index is 0.315. The van der Waals surface area contributed by atoms with E-state index in [-0.39, 0.29) is 0 Å². The molecule has 7 heteroatoms. The van der Waals surface area contributed by atoms with Crippen LogP contribution in [-0.2, 0) is 13.0 Å². The molecule has 1 aromatic heterocycles. The fraction of sp³-hybridized carbons (Fsp3) is 0.476. The predicted molar refractivity (Wildman–Crippen MR) is 111 cm³/mol. The lowest BCUT2D eigenvalue weighted by atomic mass is 10.2. The summed E-state index contributed by atoms with van der Waals surface area (Å²) in [5.41, 5.74) is 0.964. The zero-order chi connectivity index (χ0) is 20.4. The van der Waals surface area contributed by atoms with Crippen LogP contribution in [0.4, 0.5) is 0 Å². The van der Waals surface area contributed by atoms with Crippen molar-refractivity contribution in [3.05, 3.63) is 41.9 Å². The number of methoxy groups -OCH3 is 3. The molecule has 0 bridgehead atoms. The van der Waals surface area contributed by atoms with Crippen molar-refractivity contribution in [2.45, 2.75) is 39.3 Å². The maximum atomic E-state index is 5.42. The first kappa shape index (κ1) is 21.5. The Morgan fingerprint density at radius 3 is 2.39 bits per heavy atom. The SMILES string of the molecule is CCC(C)NC(=NCc1cc(OC)c(OC)c(OC)c1)NCCc1ccco1. The van der Waals surface area contributed by atoms with Crippen LogP contribution >= 0.6 is 0 Å². The highest BCUT2D eigenvalue weighted by Crippen LogP contribution is 2.38. The molecule has 0 fully saturated rings. The molecule has 2 N–H and O–H groups in total. The molecule has 1 unspecified atom stereocenters. The maximum Gasteiger partial charge on any atom is 0.203 e. The van der Waals surface area contributed by atoms with Crippen LogP contribution in [0.15, 0.2) is 39.9 Å². The Balaban J connectivity index is 2.11. The molecule has 0 saturated carbocycles. The largest absolute Gasteiger partial charge is 0.493 e. The monoisotopic (exact) mass is 389 g/mol. The Bertz CT molecular complexity index is 719. The third kappa shape index (κ3) is 6.11. The van der Waals surface area contributed by atoms with E-state index >= 15 is 0 Å². The summed E-state index contributed by atoms with van der Waals surface area (Å²) in [6, 6.07) is 8.00. The standard InChI is InChI=1S/C21H31N3O4/c1-6-15(2)24-21(22-10-9-17-8-7-11-28-17)23-14-16-12-18(25-3)20(27-5)19(13-16)26-4/h7-8,11-13,15H,6,9-10,14H2,1-5H3,(H2,22,23,24). The summed E-state index contributed by atoms with van der Waals surface area (Å²) in [7, 11) is 4.81. The molecule has 0 aliphatic rings. The fourth-order valence-electron chi connectivity index (χ4n) is 2.64. The number of nitrogens with one attached hydrogen (secondary N) is 2. The summed E-state index contributed by atoms with van der Waals surface area (Å²) < 4.78 is 21.6. The third-order valence-electron chi connectivity index (χ3n) is 4.38. The van der Waals surface area contributed by atoms with E-state index in [1.807, 2.05) is 24.3 Å². The predicted octanol–water partition coefficient (Wildman–Crippen LogP) is 3.38. The molecule has 2 aromatic rings. The van der Waals surface area contributed by atoms with Gasteiger partial charge in [0, 0.05) is 19.0 Å². The van der Waals surface area contributed by atoms with Gasteiger partial charge in [-0.05, 0) is 43.2 Å². The highest BCUT2D eigenvalue weighted by Gasteiger charge is 2.13. The second-order valence-electron chi connectivity index (χ2n) is 6.41. The Hall–Kier alpha value is -2.83. The first-order chi connectivity index (χ1) is 13.6. The summed E-state index contributed by atoms with van der Waals surface area (Å²) in [4.78, 5) is 4.72. The second-order valence-corrected chi connectivity index (χ2v) is 6.41. The lowest BCUT2D eigenvalue weighted by molar-refractivity contribution is 0.324. The number of rotatable bonds is 10. The van der Waals surface area contributed by atoms with E-state index in [1.165, 1.54) is 0 Å². The second kappa shape index (κ2) is 11.1. The zero-order valence-corrected chi connectivity index (χ0v) is 17.4. The van der Waals surface area contributed by atoms with E-state index < -0.39 is 0 Å². The number of ether oxygens (including phenoxy) is 3. The van der Waals surface area contributed by atoms with Crippen LogP contribution in [-0.4, -0.2) is 39.9 Å². The van der Waals surface area contributed by atoms with Crippen molar-refractivity contribution < 1.29 is 18.6 Å². The summed E-state index contributed by atoms with van der Waals surface area (Å²) in [6.07, 6.45) is 3.48. The number of furan rings is 1. The summed E-state index contributed by atoms with van der Waals surface area (Å²) in [5, 5.41) is 6.78. The highest BCUT2D eigenvalue weighted by atomic mass is 16.5. The average molecular weight is 389 g/mol. The molecule has 0 spiro atoms. The van der Waals surface area contributed by atoms with E-state index in [0.29, 0.717) is 29.8 Å². The lowest BCUT2D eigenvalue weighted by Gasteiger charge is -2.17. The van der Waals surface area contributed by atoms with E-state index in [2.05, 4.69) is 24.5 Å². The van der Waals surface area contributed by atoms with Gasteiger partial charge in [0.15, 0.2) is 17.5 Å². The van der Waals surface area contributed by atoms with Crippen LogP contribution in [0, 0.1) is 0 Å². The van der Waals surface area contributed by atoms with Gasteiger partial charge in [-0.15, -0.1) is 0 Å². The van der Waals surface area contributed by atoms with Gasteiger partial charge in [-0.1, -0.05) is 6.92 Å². The summed E-state index contributed by atoms with van der Waals surface area (Å²) in [5.74, 6) is 3.52. The number of hydrogen-bond donors (Lipinski definition) is 2. The molecule has 0 aliphatic heterocycles. The number of benzene rings is 1. The molecule has 2 rings (SSSR count). The van der Waals surface area contributed by atoms with Gasteiger partial charge in [0.2, 0.25) is 5.75 Å². The van der Waals surface area contributed by atoms with Gasteiger partial charge in [0.25, 0.3) is 0 Å². The molecule has 0 saturated heterocycles. The Kier molecular flexibility index (Phi) is 8.52. The number of hydrogen-bond acceptors (Lipinski definition) is 5. The quantitative estimate of drug-likeness (QED) is 0.479. The zero-order valence-electron chi connectivity index (χ0n) is 17.4. The molecule has 7 nitrogen and oxygen atoms in total. The van der Waals surface area contributed by atoms with Crippen molar-refractivity contribution in [1.82, 2.24) is 10.6 Å². The van der Waals surface area contributed by atoms with Crippen LogP contribution in [0.1, 0.15) is 31.6 Å². The summed E-state index contributed by atoms with van der Waals surface area (Å²) >= 11 is 0. The fourth-order valence-corrected chi connectivity index (χ4v) is 2.64. The molecule has 0 amide bonds. The molecule has 154 valence electrons. The Morgan fingerprint density at radius 2 is 1.86 bits per heavy atom. The van der Waals surface area contributed by atoms with Gasteiger partial charge < -0.3 is 29.3 Å². The molecule has 28 heavy (non-hydrogen) atoms. The van der Waals surface area contributed by atoms with E-state index in [1.54, 1.807) is 27.6 Å². The van der Waals surface area contributed by atoms with Crippen molar-refractivity contribution in [3.8, 4) is 17.2 Å². The van der Waals surface area contributed by atoms with Gasteiger partial charge >= 0.3 is 0 Å². The van der Waals surface area contributed by atoms with Crippen molar-refractivity contribution in [2.75, 3.05) is 27.9 Å². The topological polar surface area (TPSA) is 77.3 Å². The Labute approximate surface area is 167 Å². The maximum absolute atomic E-state index is 5.42. The molecule has 0 aliphatic carbocycles. The normalized spacial score (nSPS) is 12.4. The highest BCUT2D eigenvalue weighted by molar-refractivity contribution is 5.80. The molecular formula is C21H31N3O4. The van der Waals surface area contributed by atoms with Crippen LogP contribution in [0.5, 0.6) is 17.2 Å². The molecular weight excluding hydrogens is 358 g/mol. The lowest BCUT2D eigenvalue weighted by Crippen LogP contribution is -2.42. The first-order valence-corrected chi connectivity index (χ1v) is 9.47. The van der Waals surface area contributed by atoms with Crippen LogP contribution in [0.3, 0.4) is 0 Å². The van der Waals surface area contributed by atoms with Crippen molar-refractivity contribution >= 4 is 5.96 Å². The summed E-state index contributed by atoms with van der Waals surface area (Å²) in [6.45, 7) is 5.47. The van der Waals surface area contributed by atoms with E-state index in [9.17, 15) is 0 Å². The van der Waals surface area contributed by atoms with Crippen molar-refractivity contribution in [1.29, 1.82) is 0 Å². The van der Waals surface area contributed by atoms with Gasteiger partial charge in [0.05, 0.1) is 34.1 Å². The van der Waals surface area contributed by atoms with Crippen molar-refractivity contribution in [3.63, 3.8) is 0 Å². The van der Waals surface area contributed by atoms with E-state index in [0.717, 1.165) is 36.7 Å². The van der Waals surface area contributed by atoms with E-state index in [4.69, 9.17) is 23.6 Å². The van der Waals surface area contributed by atoms with Crippen LogP contribution < -0.4 is 24.8 Å². The average Bonchev–Trinajstić information content (AvgIpc) is 3.24. The molecule has 1 aromatic carbocycles. The van der Waals surface area contributed by atoms with Crippen LogP contribution in [0.25, 0.3) is 0 Å². The minimum Gasteiger partial charge on any atom is -0.493 e. The minimum absolute atomic E-state index is 0.315. The van der Waals surface area contributed by atoms with Crippen LogP contribution in [0.2, 0.25) is 0 Å². The van der Waals surface area contributed by atoms with Crippen molar-refractivity contribution in [2.24, 2.45) is 4.99 Å².